The molecule has 6 aromatic carbocycles. The standard InChI is InChI=1S/C54H44O/c1-34(26-27-38-33-53(4,5)48-24-16-14-20-41(38)48)39-18-10-8-9-11-19-40(43-22-13-12-21-42(39)43)35(2)32-47-36(3)54(6,7)51-45(47)30-28-37-29-31-46-44-23-15-17-25-49(44)55-52(46)50(37)51/h8-33H,1-3H2,4-7H3/b9-8?,10-8?,11-9?,18-10?,19-11?,27-26-,39-18?,40-19?,42-39?,43-40?,47-32+. The molecule has 0 saturated carbocycles. The molecule has 0 saturated heterocycles. The Bertz CT molecular complexity index is 2970. The summed E-state index contributed by atoms with van der Waals surface area (Å²) < 4.78 is 6.61. The third-order valence-corrected chi connectivity index (χ3v) is 11.8. The Hall–Kier alpha value is -6.44. The van der Waals surface area contributed by atoms with Crippen LogP contribution in [0.25, 0.3) is 65.8 Å². The number of benzene rings is 5. The van der Waals surface area contributed by atoms with Gasteiger partial charge in [0.25, 0.3) is 0 Å². The van der Waals surface area contributed by atoms with Crippen molar-refractivity contribution >= 4 is 65.8 Å². The summed E-state index contributed by atoms with van der Waals surface area (Å²) in [5.74, 6) is 0. The van der Waals surface area contributed by atoms with Crippen LogP contribution >= 0.6 is 0 Å². The molecule has 0 aliphatic heterocycles. The molecule has 0 spiro atoms. The van der Waals surface area contributed by atoms with Crippen LogP contribution in [0.2, 0.25) is 0 Å². The average Bonchev–Trinajstić information content (AvgIpc) is 3.76. The fraction of sp³-hybridized carbons (Fsp3) is 0.111. The normalized spacial score (nSPS) is 16.2. The van der Waals surface area contributed by atoms with Gasteiger partial charge in [0.1, 0.15) is 11.2 Å². The van der Waals surface area contributed by atoms with Crippen molar-refractivity contribution in [2.75, 3.05) is 0 Å². The third kappa shape index (κ3) is 5.53. The Kier molecular flexibility index (Phi) is 8.02. The highest BCUT2D eigenvalue weighted by Crippen LogP contribution is 2.54. The summed E-state index contributed by atoms with van der Waals surface area (Å²) >= 11 is 0. The largest absolute Gasteiger partial charge is 0.455 e. The molecule has 9 rings (SSSR count). The van der Waals surface area contributed by atoms with Crippen molar-refractivity contribution in [3.63, 3.8) is 0 Å². The summed E-state index contributed by atoms with van der Waals surface area (Å²) in [4.78, 5) is 0. The van der Waals surface area contributed by atoms with Crippen LogP contribution in [-0.2, 0) is 10.8 Å². The van der Waals surface area contributed by atoms with Crippen molar-refractivity contribution < 1.29 is 4.42 Å². The van der Waals surface area contributed by atoms with E-state index >= 15 is 0 Å². The molecule has 0 N–H and O–H groups in total. The lowest BCUT2D eigenvalue weighted by atomic mass is 9.80. The van der Waals surface area contributed by atoms with Crippen molar-refractivity contribution in [1.29, 1.82) is 0 Å². The van der Waals surface area contributed by atoms with Crippen LogP contribution in [0.4, 0.5) is 0 Å². The molecule has 1 nitrogen and oxygen atoms in total. The van der Waals surface area contributed by atoms with Gasteiger partial charge in [0.15, 0.2) is 0 Å². The zero-order valence-electron chi connectivity index (χ0n) is 32.0. The lowest BCUT2D eigenvalue weighted by Gasteiger charge is -2.22. The van der Waals surface area contributed by atoms with Crippen molar-refractivity contribution in [2.24, 2.45) is 0 Å². The zero-order chi connectivity index (χ0) is 38.1. The average molecular weight is 709 g/mol. The van der Waals surface area contributed by atoms with Crippen LogP contribution in [0, 0.1) is 0 Å². The highest BCUT2D eigenvalue weighted by atomic mass is 16.3. The Morgan fingerprint density at radius 2 is 1.22 bits per heavy atom. The van der Waals surface area contributed by atoms with Gasteiger partial charge < -0.3 is 4.42 Å². The Balaban J connectivity index is 1.18. The van der Waals surface area contributed by atoms with Crippen molar-refractivity contribution in [2.45, 2.75) is 38.5 Å². The molecule has 0 amide bonds. The number of para-hydroxylation sites is 1. The smallest absolute Gasteiger partial charge is 0.143 e. The molecular weight excluding hydrogens is 665 g/mol. The summed E-state index contributed by atoms with van der Waals surface area (Å²) in [6.45, 7) is 23.2. The number of rotatable bonds is 5. The number of hydrogen-bond donors (Lipinski definition) is 0. The van der Waals surface area contributed by atoms with E-state index in [0.717, 1.165) is 71.5 Å². The topological polar surface area (TPSA) is 13.1 Å². The van der Waals surface area contributed by atoms with E-state index in [2.05, 4.69) is 186 Å². The minimum absolute atomic E-state index is 0.0172. The van der Waals surface area contributed by atoms with Crippen molar-refractivity contribution in [3.8, 4) is 0 Å². The Morgan fingerprint density at radius 1 is 0.600 bits per heavy atom. The second kappa shape index (κ2) is 12.9. The van der Waals surface area contributed by atoms with E-state index < -0.39 is 0 Å². The van der Waals surface area contributed by atoms with Crippen molar-refractivity contribution in [3.05, 3.63) is 216 Å². The summed E-state index contributed by atoms with van der Waals surface area (Å²) in [5.41, 5.74) is 13.9. The van der Waals surface area contributed by atoms with Gasteiger partial charge in [0.2, 0.25) is 0 Å². The molecular formula is C54H44O. The van der Waals surface area contributed by atoms with E-state index in [4.69, 9.17) is 17.6 Å². The number of fused-ring (bicyclic) bond motifs is 9. The van der Waals surface area contributed by atoms with Crippen LogP contribution in [0.3, 0.4) is 0 Å². The third-order valence-electron chi connectivity index (χ3n) is 11.8. The van der Waals surface area contributed by atoms with Gasteiger partial charge in [-0.3, -0.25) is 0 Å². The minimum Gasteiger partial charge on any atom is -0.455 e. The molecule has 0 fully saturated rings. The maximum Gasteiger partial charge on any atom is 0.143 e. The molecule has 0 unspecified atom stereocenters. The van der Waals surface area contributed by atoms with E-state index in [0.29, 0.717) is 0 Å². The summed E-state index contributed by atoms with van der Waals surface area (Å²) in [6, 6.07) is 47.2. The highest BCUT2D eigenvalue weighted by Gasteiger charge is 2.39. The first-order valence-corrected chi connectivity index (χ1v) is 19.1. The second-order valence-electron chi connectivity index (χ2n) is 16.0. The first-order chi connectivity index (χ1) is 26.5. The molecule has 55 heavy (non-hydrogen) atoms. The lowest BCUT2D eigenvalue weighted by Crippen LogP contribution is -2.15. The lowest BCUT2D eigenvalue weighted by molar-refractivity contribution is 0.658. The maximum absolute atomic E-state index is 6.61. The van der Waals surface area contributed by atoms with E-state index in [9.17, 15) is 0 Å². The fourth-order valence-corrected chi connectivity index (χ4v) is 8.92. The van der Waals surface area contributed by atoms with Crippen LogP contribution in [0.1, 0.15) is 61.1 Å². The first-order valence-electron chi connectivity index (χ1n) is 19.1. The minimum atomic E-state index is -0.327. The van der Waals surface area contributed by atoms with Gasteiger partial charge in [-0.25, -0.2) is 0 Å². The zero-order valence-corrected chi connectivity index (χ0v) is 32.0. The summed E-state index contributed by atoms with van der Waals surface area (Å²) in [6.07, 6.45) is 8.98. The van der Waals surface area contributed by atoms with Gasteiger partial charge in [-0.1, -0.05) is 187 Å². The van der Waals surface area contributed by atoms with E-state index in [-0.39, 0.29) is 10.8 Å². The molecule has 7 aromatic rings. The number of allylic oxidation sites excluding steroid dienone is 9. The molecule has 1 aromatic heterocycles. The van der Waals surface area contributed by atoms with E-state index in [1.165, 1.54) is 33.2 Å². The molecule has 1 heteroatoms. The Labute approximate surface area is 324 Å². The summed E-state index contributed by atoms with van der Waals surface area (Å²) in [5, 5.41) is 6.80. The van der Waals surface area contributed by atoms with Crippen molar-refractivity contribution in [1.82, 2.24) is 0 Å². The maximum atomic E-state index is 6.61. The van der Waals surface area contributed by atoms with E-state index in [1.54, 1.807) is 0 Å². The predicted octanol–water partition coefficient (Wildman–Crippen LogP) is 14.9. The molecule has 0 atom stereocenters. The second-order valence-corrected chi connectivity index (χ2v) is 16.0. The molecule has 266 valence electrons. The molecule has 2 aliphatic carbocycles. The molecule has 0 bridgehead atoms. The van der Waals surface area contributed by atoms with Gasteiger partial charge in [-0.05, 0) is 95.6 Å². The van der Waals surface area contributed by atoms with E-state index in [1.807, 2.05) is 6.07 Å². The van der Waals surface area contributed by atoms with Crippen LogP contribution in [-0.4, -0.2) is 0 Å². The van der Waals surface area contributed by atoms with Gasteiger partial charge in [-0.15, -0.1) is 0 Å². The van der Waals surface area contributed by atoms with Gasteiger partial charge >= 0.3 is 0 Å². The quantitative estimate of drug-likeness (QED) is 0.162. The Morgan fingerprint density at radius 3 is 1.96 bits per heavy atom. The predicted molar refractivity (Wildman–Crippen MR) is 238 cm³/mol. The van der Waals surface area contributed by atoms with Gasteiger partial charge in [-0.2, -0.15) is 0 Å². The van der Waals surface area contributed by atoms with Crippen LogP contribution in [0.5, 0.6) is 0 Å². The number of hydrogen-bond acceptors (Lipinski definition) is 1. The monoisotopic (exact) mass is 708 g/mol. The van der Waals surface area contributed by atoms with Crippen LogP contribution < -0.4 is 0 Å². The fourth-order valence-electron chi connectivity index (χ4n) is 8.92. The molecule has 1 heterocycles. The highest BCUT2D eigenvalue weighted by molar-refractivity contribution is 6.18. The SMILES string of the molecule is C=C(/C=C\C1=CC(C)(C)c2ccccc21)c1ccccccc(C(=C)/C=C2\C(=C)C(C)(C)c3c2ccc2ccc4c5ccccc5oc4c32)c2ccccc12. The molecule has 2 aliphatic rings. The van der Waals surface area contributed by atoms with Gasteiger partial charge in [0, 0.05) is 27.0 Å². The first kappa shape index (κ1) is 34.3. The van der Waals surface area contributed by atoms with Crippen LogP contribution in [0.15, 0.2) is 187 Å². The summed E-state index contributed by atoms with van der Waals surface area (Å²) in [7, 11) is 0. The molecule has 0 radical (unpaired) electrons. The number of furan rings is 1. The van der Waals surface area contributed by atoms with Gasteiger partial charge in [0.05, 0.1) is 0 Å².